The molecule has 18 heavy (non-hydrogen) atoms. The van der Waals surface area contributed by atoms with Crippen molar-refractivity contribution in [2.45, 2.75) is 13.0 Å². The third-order valence-corrected chi connectivity index (χ3v) is 2.72. The number of rotatable bonds is 4. The monoisotopic (exact) mass is 251 g/mol. The average molecular weight is 251 g/mol. The van der Waals surface area contributed by atoms with Crippen LogP contribution in [0.5, 0.6) is 0 Å². The zero-order valence-corrected chi connectivity index (χ0v) is 10.3. The second kappa shape index (κ2) is 5.27. The second-order valence-corrected chi connectivity index (χ2v) is 4.09. The van der Waals surface area contributed by atoms with Gasteiger partial charge in [-0.05, 0) is 18.7 Å². The van der Waals surface area contributed by atoms with Gasteiger partial charge < -0.3 is 9.88 Å². The van der Waals surface area contributed by atoms with Crippen LogP contribution in [0.4, 0.5) is 8.78 Å². The van der Waals surface area contributed by atoms with Crippen LogP contribution in [0.25, 0.3) is 0 Å². The van der Waals surface area contributed by atoms with Gasteiger partial charge in [0.2, 0.25) is 0 Å². The molecule has 1 heterocycles. The molecule has 5 heteroatoms. The summed E-state index contributed by atoms with van der Waals surface area (Å²) < 4.78 is 29.4. The molecule has 0 saturated heterocycles. The van der Waals surface area contributed by atoms with E-state index < -0.39 is 17.7 Å². The van der Waals surface area contributed by atoms with Crippen molar-refractivity contribution in [3.05, 3.63) is 53.6 Å². The Kier molecular flexibility index (Phi) is 3.72. The fraction of sp³-hybridized carbons (Fsp3) is 0.308. The normalized spacial score (nSPS) is 12.7. The van der Waals surface area contributed by atoms with Gasteiger partial charge in [-0.15, -0.1) is 0 Å². The SMILES string of the molecule is CCNC(c1cn(C)cn1)c1c(F)cccc1F. The second-order valence-electron chi connectivity index (χ2n) is 4.09. The molecule has 0 saturated carbocycles. The minimum Gasteiger partial charge on any atom is -0.340 e. The Hall–Kier alpha value is -1.75. The molecule has 0 spiro atoms. The first-order valence-corrected chi connectivity index (χ1v) is 5.78. The Morgan fingerprint density at radius 1 is 1.33 bits per heavy atom. The molecular formula is C13H15F2N3. The molecule has 0 bridgehead atoms. The average Bonchev–Trinajstić information content (AvgIpc) is 2.74. The molecule has 2 rings (SSSR count). The quantitative estimate of drug-likeness (QED) is 0.904. The lowest BCUT2D eigenvalue weighted by molar-refractivity contribution is 0.506. The summed E-state index contributed by atoms with van der Waals surface area (Å²) >= 11 is 0. The summed E-state index contributed by atoms with van der Waals surface area (Å²) in [4.78, 5) is 4.16. The minimum absolute atomic E-state index is 0.0121. The van der Waals surface area contributed by atoms with Crippen molar-refractivity contribution >= 4 is 0 Å². The molecule has 0 fully saturated rings. The maximum atomic E-state index is 13.8. The number of hydrogen-bond acceptors (Lipinski definition) is 2. The van der Waals surface area contributed by atoms with E-state index in [0.717, 1.165) is 0 Å². The lowest BCUT2D eigenvalue weighted by atomic mass is 10.0. The van der Waals surface area contributed by atoms with Crippen LogP contribution in [0.1, 0.15) is 24.2 Å². The zero-order chi connectivity index (χ0) is 13.1. The van der Waals surface area contributed by atoms with E-state index >= 15 is 0 Å². The summed E-state index contributed by atoms with van der Waals surface area (Å²) in [6.07, 6.45) is 3.36. The molecule has 1 atom stereocenters. The topological polar surface area (TPSA) is 29.9 Å². The molecule has 0 aliphatic heterocycles. The molecule has 0 aliphatic rings. The predicted octanol–water partition coefficient (Wildman–Crippen LogP) is 2.40. The van der Waals surface area contributed by atoms with Crippen LogP contribution in [0, 0.1) is 11.6 Å². The molecule has 96 valence electrons. The minimum atomic E-state index is -0.572. The van der Waals surface area contributed by atoms with Gasteiger partial charge in [-0.1, -0.05) is 13.0 Å². The van der Waals surface area contributed by atoms with Crippen molar-refractivity contribution in [2.75, 3.05) is 6.54 Å². The Morgan fingerprint density at radius 2 is 2.00 bits per heavy atom. The van der Waals surface area contributed by atoms with Crippen molar-refractivity contribution < 1.29 is 8.78 Å². The molecule has 0 radical (unpaired) electrons. The Bertz CT molecular complexity index is 517. The number of hydrogen-bond donors (Lipinski definition) is 1. The van der Waals surface area contributed by atoms with Gasteiger partial charge in [0, 0.05) is 18.8 Å². The van der Waals surface area contributed by atoms with E-state index in [0.29, 0.717) is 12.2 Å². The molecule has 1 unspecified atom stereocenters. The molecule has 1 aromatic carbocycles. The van der Waals surface area contributed by atoms with Crippen LogP contribution < -0.4 is 5.32 Å². The van der Waals surface area contributed by atoms with Gasteiger partial charge in [0.05, 0.1) is 18.1 Å². The van der Waals surface area contributed by atoms with E-state index in [-0.39, 0.29) is 5.56 Å². The highest BCUT2D eigenvalue weighted by Crippen LogP contribution is 2.25. The van der Waals surface area contributed by atoms with Crippen LogP contribution in [0.15, 0.2) is 30.7 Å². The Morgan fingerprint density at radius 3 is 2.50 bits per heavy atom. The lowest BCUT2D eigenvalue weighted by Crippen LogP contribution is -2.24. The zero-order valence-electron chi connectivity index (χ0n) is 10.3. The van der Waals surface area contributed by atoms with Gasteiger partial charge in [-0.25, -0.2) is 13.8 Å². The number of benzene rings is 1. The van der Waals surface area contributed by atoms with Crippen molar-refractivity contribution in [1.29, 1.82) is 0 Å². The fourth-order valence-corrected chi connectivity index (χ4v) is 1.93. The third-order valence-electron chi connectivity index (χ3n) is 2.72. The van der Waals surface area contributed by atoms with E-state index in [1.807, 2.05) is 14.0 Å². The van der Waals surface area contributed by atoms with E-state index in [4.69, 9.17) is 0 Å². The van der Waals surface area contributed by atoms with Crippen molar-refractivity contribution in [1.82, 2.24) is 14.9 Å². The predicted molar refractivity (Wildman–Crippen MR) is 65.1 cm³/mol. The van der Waals surface area contributed by atoms with E-state index in [9.17, 15) is 8.78 Å². The van der Waals surface area contributed by atoms with Crippen LogP contribution in [-0.2, 0) is 7.05 Å². The molecular weight excluding hydrogens is 236 g/mol. The molecule has 1 N–H and O–H groups in total. The highest BCUT2D eigenvalue weighted by molar-refractivity contribution is 5.29. The first-order chi connectivity index (χ1) is 8.63. The maximum absolute atomic E-state index is 13.8. The van der Waals surface area contributed by atoms with Gasteiger partial charge in [0.1, 0.15) is 11.6 Å². The molecule has 2 aromatic rings. The van der Waals surface area contributed by atoms with Crippen molar-refractivity contribution in [3.8, 4) is 0 Å². The van der Waals surface area contributed by atoms with Gasteiger partial charge in [-0.2, -0.15) is 0 Å². The standard InChI is InChI=1S/C13H15F2N3/c1-3-16-13(11-7-18(2)8-17-11)12-9(14)5-4-6-10(12)15/h4-8,13,16H,3H2,1-2H3. The number of halogens is 2. The summed E-state index contributed by atoms with van der Waals surface area (Å²) in [5.74, 6) is -1.13. The van der Waals surface area contributed by atoms with Gasteiger partial charge in [0.25, 0.3) is 0 Å². The van der Waals surface area contributed by atoms with Crippen LogP contribution >= 0.6 is 0 Å². The maximum Gasteiger partial charge on any atom is 0.131 e. The highest BCUT2D eigenvalue weighted by Gasteiger charge is 2.22. The van der Waals surface area contributed by atoms with Gasteiger partial charge >= 0.3 is 0 Å². The van der Waals surface area contributed by atoms with Crippen LogP contribution in [-0.4, -0.2) is 16.1 Å². The number of nitrogens with one attached hydrogen (secondary N) is 1. The third kappa shape index (κ3) is 2.41. The van der Waals surface area contributed by atoms with E-state index in [2.05, 4.69) is 10.3 Å². The molecule has 0 aliphatic carbocycles. The van der Waals surface area contributed by atoms with E-state index in [1.165, 1.54) is 18.2 Å². The Balaban J connectivity index is 2.47. The molecule has 3 nitrogen and oxygen atoms in total. The van der Waals surface area contributed by atoms with Gasteiger partial charge in [-0.3, -0.25) is 0 Å². The number of imidazole rings is 1. The summed E-state index contributed by atoms with van der Waals surface area (Å²) in [5, 5.41) is 3.05. The fourth-order valence-electron chi connectivity index (χ4n) is 1.93. The first kappa shape index (κ1) is 12.7. The highest BCUT2D eigenvalue weighted by atomic mass is 19.1. The largest absolute Gasteiger partial charge is 0.340 e. The molecule has 1 aromatic heterocycles. The summed E-state index contributed by atoms with van der Waals surface area (Å²) in [6, 6.07) is 3.30. The number of aromatic nitrogens is 2. The van der Waals surface area contributed by atoms with E-state index in [1.54, 1.807) is 17.1 Å². The van der Waals surface area contributed by atoms with Crippen molar-refractivity contribution in [3.63, 3.8) is 0 Å². The number of nitrogens with zero attached hydrogens (tertiary/aromatic N) is 2. The molecule has 0 amide bonds. The summed E-state index contributed by atoms with van der Waals surface area (Å²) in [6.45, 7) is 2.48. The smallest absolute Gasteiger partial charge is 0.131 e. The summed E-state index contributed by atoms with van der Waals surface area (Å²) in [5.41, 5.74) is 0.612. The summed E-state index contributed by atoms with van der Waals surface area (Å²) in [7, 11) is 1.82. The lowest BCUT2D eigenvalue weighted by Gasteiger charge is -2.17. The van der Waals surface area contributed by atoms with Crippen LogP contribution in [0.2, 0.25) is 0 Å². The van der Waals surface area contributed by atoms with Crippen molar-refractivity contribution in [2.24, 2.45) is 7.05 Å². The van der Waals surface area contributed by atoms with Gasteiger partial charge in [0.15, 0.2) is 0 Å². The Labute approximate surface area is 104 Å². The van der Waals surface area contributed by atoms with Crippen LogP contribution in [0.3, 0.4) is 0 Å². The first-order valence-electron chi connectivity index (χ1n) is 5.78. The number of aryl methyl sites for hydroxylation is 1.